The molecule has 41 heavy (non-hydrogen) atoms. The third-order valence-electron chi connectivity index (χ3n) is 9.00. The van der Waals surface area contributed by atoms with Crippen molar-refractivity contribution in [3.8, 4) is 11.8 Å². The number of hydrogen-bond acceptors (Lipinski definition) is 1. The van der Waals surface area contributed by atoms with Gasteiger partial charge in [-0.2, -0.15) is 0 Å². The Morgan fingerprint density at radius 3 is 2.00 bits per heavy atom. The van der Waals surface area contributed by atoms with Gasteiger partial charge in [-0.3, -0.25) is 0 Å². The smallest absolute Gasteiger partial charge is 0.0982 e. The predicted molar refractivity (Wildman–Crippen MR) is 180 cm³/mol. The first kappa shape index (κ1) is 32.7. The Hall–Kier alpha value is -2.82. The lowest BCUT2D eigenvalue weighted by atomic mass is 9.67. The normalized spacial score (nSPS) is 27.5. The molecule has 0 aromatic rings. The van der Waals surface area contributed by atoms with Crippen LogP contribution in [-0.4, -0.2) is 11.7 Å². The van der Waals surface area contributed by atoms with Crippen LogP contribution in [0.5, 0.6) is 0 Å². The lowest BCUT2D eigenvalue weighted by Crippen LogP contribution is -2.39. The molecule has 3 aliphatic rings. The molecule has 1 saturated carbocycles. The van der Waals surface area contributed by atoms with Crippen molar-refractivity contribution in [3.63, 3.8) is 0 Å². The van der Waals surface area contributed by atoms with Crippen molar-refractivity contribution in [2.24, 2.45) is 10.8 Å². The molecule has 220 valence electrons. The van der Waals surface area contributed by atoms with E-state index in [1.807, 2.05) is 0 Å². The summed E-state index contributed by atoms with van der Waals surface area (Å²) in [5.74, 6) is 6.85. The summed E-state index contributed by atoms with van der Waals surface area (Å²) in [6.07, 6.45) is 31.0. The predicted octanol–water partition coefficient (Wildman–Crippen LogP) is 11.3. The van der Waals surface area contributed by atoms with E-state index < -0.39 is 0 Å². The third kappa shape index (κ3) is 9.08. The van der Waals surface area contributed by atoms with Crippen molar-refractivity contribution >= 4 is 0 Å². The van der Waals surface area contributed by atoms with E-state index in [4.69, 9.17) is 4.74 Å². The fourth-order valence-corrected chi connectivity index (χ4v) is 6.49. The van der Waals surface area contributed by atoms with E-state index in [0.717, 1.165) is 12.0 Å². The molecular formula is C40H54O. The van der Waals surface area contributed by atoms with Gasteiger partial charge in [0.25, 0.3) is 0 Å². The Balaban J connectivity index is 1.52. The molecule has 0 N–H and O–H groups in total. The quantitative estimate of drug-likeness (QED) is 0.174. The van der Waals surface area contributed by atoms with E-state index in [0.29, 0.717) is 0 Å². The van der Waals surface area contributed by atoms with Gasteiger partial charge in [0.05, 0.1) is 11.7 Å². The molecule has 0 aromatic heterocycles. The van der Waals surface area contributed by atoms with Gasteiger partial charge in [-0.25, -0.2) is 0 Å². The summed E-state index contributed by atoms with van der Waals surface area (Å²) in [4.78, 5) is 0. The lowest BCUT2D eigenvalue weighted by Gasteiger charge is -2.42. The first-order valence-electron chi connectivity index (χ1n) is 15.6. The van der Waals surface area contributed by atoms with E-state index >= 15 is 0 Å². The van der Waals surface area contributed by atoms with Crippen molar-refractivity contribution in [2.75, 3.05) is 0 Å². The van der Waals surface area contributed by atoms with Crippen LogP contribution in [0.3, 0.4) is 0 Å². The van der Waals surface area contributed by atoms with Crippen LogP contribution in [0.15, 0.2) is 106 Å². The summed E-state index contributed by atoms with van der Waals surface area (Å²) in [5.41, 5.74) is 9.39. The molecule has 3 rings (SSSR count). The average molecular weight is 551 g/mol. The SMILES string of the molecule is CC1=C(C#C/C(C)=C/C=C/C(C)=C/C=C/C=C(C)/C=C/C=C(\C)C2C=C3C(C)(C)CCCC3(C)O2)C(C)(C)CCC1. The number of ether oxygens (including phenoxy) is 1. The van der Waals surface area contributed by atoms with E-state index in [2.05, 4.69) is 148 Å². The van der Waals surface area contributed by atoms with Crippen molar-refractivity contribution in [2.45, 2.75) is 119 Å². The summed E-state index contributed by atoms with van der Waals surface area (Å²) >= 11 is 0. The van der Waals surface area contributed by atoms with Crippen LogP contribution in [0.2, 0.25) is 0 Å². The van der Waals surface area contributed by atoms with E-state index in [9.17, 15) is 0 Å². The molecular weight excluding hydrogens is 496 g/mol. The largest absolute Gasteiger partial charge is 0.359 e. The Bertz CT molecular complexity index is 1310. The molecule has 1 aliphatic heterocycles. The van der Waals surface area contributed by atoms with Crippen LogP contribution >= 0.6 is 0 Å². The number of allylic oxidation sites excluding steroid dienone is 15. The van der Waals surface area contributed by atoms with Crippen LogP contribution < -0.4 is 0 Å². The minimum atomic E-state index is -0.0981. The maximum Gasteiger partial charge on any atom is 0.0982 e. The minimum absolute atomic E-state index is 0.0821. The summed E-state index contributed by atoms with van der Waals surface area (Å²) in [7, 11) is 0. The summed E-state index contributed by atoms with van der Waals surface area (Å²) < 4.78 is 6.55. The van der Waals surface area contributed by atoms with Gasteiger partial charge < -0.3 is 4.74 Å². The zero-order chi connectivity index (χ0) is 30.3. The molecule has 0 amide bonds. The van der Waals surface area contributed by atoms with Gasteiger partial charge in [0.15, 0.2) is 0 Å². The maximum absolute atomic E-state index is 6.55. The van der Waals surface area contributed by atoms with E-state index in [1.54, 1.807) is 0 Å². The van der Waals surface area contributed by atoms with Crippen LogP contribution in [0.25, 0.3) is 0 Å². The van der Waals surface area contributed by atoms with Gasteiger partial charge in [0.1, 0.15) is 0 Å². The van der Waals surface area contributed by atoms with Gasteiger partial charge >= 0.3 is 0 Å². The van der Waals surface area contributed by atoms with Crippen molar-refractivity contribution < 1.29 is 4.74 Å². The number of hydrogen-bond donors (Lipinski definition) is 0. The average Bonchev–Trinajstić information content (AvgIpc) is 3.25. The standard InChI is InChI=1S/C40H54O/c1-30(19-13-20-32(3)24-25-35-33(4)23-15-26-38(35,6)7)17-11-12-18-31(2)21-14-22-34(5)36-29-37-39(8,9)27-16-28-40(37,10)41-36/h11-14,17-22,29,36H,15-16,23,26-28H2,1-10H3/b12-11+,19-13+,21-14+,30-17+,31-18+,32-20+,34-22+. The molecule has 0 radical (unpaired) electrons. The molecule has 0 spiro atoms. The highest BCUT2D eigenvalue weighted by atomic mass is 16.5. The molecule has 1 nitrogen and oxygen atoms in total. The molecule has 0 aromatic carbocycles. The Morgan fingerprint density at radius 2 is 1.39 bits per heavy atom. The number of fused-ring (bicyclic) bond motifs is 1. The molecule has 0 bridgehead atoms. The molecule has 1 heteroatoms. The van der Waals surface area contributed by atoms with Gasteiger partial charge in [-0.1, -0.05) is 117 Å². The van der Waals surface area contributed by atoms with Crippen LogP contribution in [0.1, 0.15) is 108 Å². The molecule has 0 saturated heterocycles. The Labute approximate surface area is 252 Å². The Kier molecular flexibility index (Phi) is 11.1. The van der Waals surface area contributed by atoms with Crippen LogP contribution in [0.4, 0.5) is 0 Å². The second kappa shape index (κ2) is 13.9. The summed E-state index contributed by atoms with van der Waals surface area (Å²) in [6, 6.07) is 0. The van der Waals surface area contributed by atoms with Crippen molar-refractivity contribution in [1.82, 2.24) is 0 Å². The molecule has 1 heterocycles. The number of rotatable bonds is 7. The fourth-order valence-electron chi connectivity index (χ4n) is 6.49. The first-order valence-corrected chi connectivity index (χ1v) is 15.6. The van der Waals surface area contributed by atoms with E-state index in [1.165, 1.54) is 65.5 Å². The highest BCUT2D eigenvalue weighted by Gasteiger charge is 2.47. The zero-order valence-corrected chi connectivity index (χ0v) is 27.6. The first-order chi connectivity index (χ1) is 19.2. The third-order valence-corrected chi connectivity index (χ3v) is 9.00. The fraction of sp³-hybridized carbons (Fsp3) is 0.500. The molecule has 2 aliphatic carbocycles. The maximum atomic E-state index is 6.55. The van der Waals surface area contributed by atoms with Crippen molar-refractivity contribution in [1.29, 1.82) is 0 Å². The zero-order valence-electron chi connectivity index (χ0n) is 27.6. The second-order valence-electron chi connectivity index (χ2n) is 13.9. The van der Waals surface area contributed by atoms with Crippen molar-refractivity contribution in [3.05, 3.63) is 106 Å². The Morgan fingerprint density at radius 1 is 0.780 bits per heavy atom. The van der Waals surface area contributed by atoms with Crippen LogP contribution in [-0.2, 0) is 4.74 Å². The highest BCUT2D eigenvalue weighted by molar-refractivity contribution is 5.44. The monoisotopic (exact) mass is 550 g/mol. The lowest BCUT2D eigenvalue weighted by molar-refractivity contribution is -0.0307. The van der Waals surface area contributed by atoms with Gasteiger partial charge in [0, 0.05) is 5.57 Å². The van der Waals surface area contributed by atoms with Crippen LogP contribution in [0, 0.1) is 22.7 Å². The molecule has 2 unspecified atom stereocenters. The van der Waals surface area contributed by atoms with Gasteiger partial charge in [-0.05, 0) is 114 Å². The topological polar surface area (TPSA) is 9.23 Å². The summed E-state index contributed by atoms with van der Waals surface area (Å²) in [6.45, 7) is 22.4. The molecule has 2 atom stereocenters. The highest BCUT2D eigenvalue weighted by Crippen LogP contribution is 2.51. The minimum Gasteiger partial charge on any atom is -0.359 e. The van der Waals surface area contributed by atoms with Gasteiger partial charge in [-0.15, -0.1) is 0 Å². The van der Waals surface area contributed by atoms with E-state index in [-0.39, 0.29) is 22.5 Å². The second-order valence-corrected chi connectivity index (χ2v) is 13.9. The van der Waals surface area contributed by atoms with Gasteiger partial charge in [0.2, 0.25) is 0 Å². The summed E-state index contributed by atoms with van der Waals surface area (Å²) in [5, 5.41) is 0. The molecule has 1 fully saturated rings.